The molecule has 4 nitrogen and oxygen atoms in total. The summed E-state index contributed by atoms with van der Waals surface area (Å²) >= 11 is 6.16. The van der Waals surface area contributed by atoms with Gasteiger partial charge >= 0.3 is 11.9 Å². The minimum atomic E-state index is -1.15. The van der Waals surface area contributed by atoms with Gasteiger partial charge < -0.3 is 9.84 Å². The molecule has 0 aliphatic rings. The first kappa shape index (κ1) is 14.1. The standard InChI is InChI=1S/C15H11ClO4/c1-20-15(19)10-7-8-11(14(17)18)13(16)12(10)9-5-3-2-4-6-9/h2-8H,1H3,(H,17,18). The van der Waals surface area contributed by atoms with Gasteiger partial charge in [0.05, 0.1) is 23.3 Å². The van der Waals surface area contributed by atoms with Crippen molar-refractivity contribution in [1.29, 1.82) is 0 Å². The van der Waals surface area contributed by atoms with E-state index in [1.54, 1.807) is 24.3 Å². The van der Waals surface area contributed by atoms with Crippen molar-refractivity contribution in [3.63, 3.8) is 0 Å². The first-order valence-electron chi connectivity index (χ1n) is 5.75. The highest BCUT2D eigenvalue weighted by molar-refractivity contribution is 6.37. The molecule has 0 spiro atoms. The van der Waals surface area contributed by atoms with E-state index in [1.807, 2.05) is 6.07 Å². The quantitative estimate of drug-likeness (QED) is 0.879. The Morgan fingerprint density at radius 3 is 2.20 bits per heavy atom. The lowest BCUT2D eigenvalue weighted by Crippen LogP contribution is -2.07. The zero-order chi connectivity index (χ0) is 14.7. The molecule has 2 aromatic rings. The summed E-state index contributed by atoms with van der Waals surface area (Å²) in [6, 6.07) is 11.6. The van der Waals surface area contributed by atoms with Crippen LogP contribution in [0.15, 0.2) is 42.5 Å². The number of ether oxygens (including phenoxy) is 1. The van der Waals surface area contributed by atoms with E-state index in [0.717, 1.165) is 0 Å². The van der Waals surface area contributed by atoms with Crippen LogP contribution in [0.25, 0.3) is 11.1 Å². The number of esters is 1. The van der Waals surface area contributed by atoms with Crippen LogP contribution < -0.4 is 0 Å². The van der Waals surface area contributed by atoms with Crippen LogP contribution in [0.2, 0.25) is 5.02 Å². The van der Waals surface area contributed by atoms with Crippen LogP contribution in [-0.2, 0) is 4.74 Å². The van der Waals surface area contributed by atoms with Crippen LogP contribution >= 0.6 is 11.6 Å². The van der Waals surface area contributed by atoms with E-state index in [-0.39, 0.29) is 16.1 Å². The van der Waals surface area contributed by atoms with Crippen LogP contribution in [0, 0.1) is 0 Å². The summed E-state index contributed by atoms with van der Waals surface area (Å²) in [5.74, 6) is -1.72. The molecule has 0 heterocycles. The maximum Gasteiger partial charge on any atom is 0.338 e. The first-order valence-corrected chi connectivity index (χ1v) is 6.13. The summed E-state index contributed by atoms with van der Waals surface area (Å²) in [6.07, 6.45) is 0. The number of halogens is 1. The number of carbonyl (C=O) groups is 2. The average molecular weight is 291 g/mol. The van der Waals surface area contributed by atoms with Gasteiger partial charge in [0.25, 0.3) is 0 Å². The summed E-state index contributed by atoms with van der Waals surface area (Å²) in [5.41, 5.74) is 1.19. The predicted octanol–water partition coefficient (Wildman–Crippen LogP) is 3.49. The van der Waals surface area contributed by atoms with E-state index in [0.29, 0.717) is 11.1 Å². The number of hydrogen-bond donors (Lipinski definition) is 1. The minimum absolute atomic E-state index is 0.0200. The van der Waals surface area contributed by atoms with Crippen molar-refractivity contribution in [3.8, 4) is 11.1 Å². The molecule has 0 bridgehead atoms. The predicted molar refractivity (Wildman–Crippen MR) is 75.2 cm³/mol. The molecule has 2 rings (SSSR count). The number of carboxylic acid groups (broad SMARTS) is 1. The third-order valence-corrected chi connectivity index (χ3v) is 3.23. The van der Waals surface area contributed by atoms with E-state index < -0.39 is 11.9 Å². The fraction of sp³-hybridized carbons (Fsp3) is 0.0667. The van der Waals surface area contributed by atoms with Crippen LogP contribution in [-0.4, -0.2) is 24.2 Å². The van der Waals surface area contributed by atoms with Crippen molar-refractivity contribution in [2.75, 3.05) is 7.11 Å². The zero-order valence-electron chi connectivity index (χ0n) is 10.6. The number of aromatic carboxylic acids is 1. The summed E-state index contributed by atoms with van der Waals surface area (Å²) < 4.78 is 4.71. The van der Waals surface area contributed by atoms with Crippen molar-refractivity contribution in [1.82, 2.24) is 0 Å². The van der Waals surface area contributed by atoms with Crippen LogP contribution in [0.1, 0.15) is 20.7 Å². The van der Waals surface area contributed by atoms with Gasteiger partial charge in [-0.3, -0.25) is 0 Å². The molecule has 1 N–H and O–H groups in total. The van der Waals surface area contributed by atoms with E-state index in [4.69, 9.17) is 21.4 Å². The summed E-state index contributed by atoms with van der Waals surface area (Å²) in [4.78, 5) is 23.0. The second-order valence-corrected chi connectivity index (χ2v) is 4.39. The van der Waals surface area contributed by atoms with Gasteiger partial charge in [-0.25, -0.2) is 9.59 Å². The number of benzene rings is 2. The Morgan fingerprint density at radius 1 is 1.05 bits per heavy atom. The molecule has 0 aliphatic carbocycles. The van der Waals surface area contributed by atoms with Gasteiger partial charge in [-0.15, -0.1) is 0 Å². The summed E-state index contributed by atoms with van der Waals surface area (Å²) in [7, 11) is 1.26. The van der Waals surface area contributed by atoms with E-state index in [9.17, 15) is 9.59 Å². The Morgan fingerprint density at radius 2 is 1.65 bits per heavy atom. The van der Waals surface area contributed by atoms with Gasteiger partial charge in [0.1, 0.15) is 0 Å². The second-order valence-electron chi connectivity index (χ2n) is 4.01. The molecule has 0 amide bonds. The molecule has 0 radical (unpaired) electrons. The molecular weight excluding hydrogens is 280 g/mol. The molecular formula is C15H11ClO4. The van der Waals surface area contributed by atoms with Gasteiger partial charge in [0, 0.05) is 5.56 Å². The third kappa shape index (κ3) is 2.51. The fourth-order valence-electron chi connectivity index (χ4n) is 1.91. The van der Waals surface area contributed by atoms with Crippen molar-refractivity contribution in [3.05, 3.63) is 58.6 Å². The Kier molecular flexibility index (Phi) is 4.05. The molecule has 2 aromatic carbocycles. The molecule has 5 heteroatoms. The highest BCUT2D eigenvalue weighted by Gasteiger charge is 2.21. The Bertz CT molecular complexity index is 665. The molecule has 0 fully saturated rings. The second kappa shape index (κ2) is 5.75. The van der Waals surface area contributed by atoms with Crippen LogP contribution in [0.3, 0.4) is 0 Å². The molecule has 0 atom stereocenters. The number of carboxylic acids is 1. The molecule has 0 aliphatic heterocycles. The van der Waals surface area contributed by atoms with E-state index in [2.05, 4.69) is 0 Å². The van der Waals surface area contributed by atoms with Crippen molar-refractivity contribution >= 4 is 23.5 Å². The molecule has 102 valence electrons. The maximum atomic E-state index is 11.8. The van der Waals surface area contributed by atoms with Crippen LogP contribution in [0.4, 0.5) is 0 Å². The van der Waals surface area contributed by atoms with E-state index >= 15 is 0 Å². The van der Waals surface area contributed by atoms with Crippen LogP contribution in [0.5, 0.6) is 0 Å². The van der Waals surface area contributed by atoms with Gasteiger partial charge in [-0.1, -0.05) is 41.9 Å². The Balaban J connectivity index is 2.76. The summed E-state index contributed by atoms with van der Waals surface area (Å²) in [6.45, 7) is 0. The monoisotopic (exact) mass is 290 g/mol. The highest BCUT2D eigenvalue weighted by atomic mass is 35.5. The SMILES string of the molecule is COC(=O)c1ccc(C(=O)O)c(Cl)c1-c1ccccc1. The third-order valence-electron chi connectivity index (χ3n) is 2.84. The Labute approximate surface area is 120 Å². The molecule has 0 unspecified atom stereocenters. The van der Waals surface area contributed by atoms with Crippen molar-refractivity contribution in [2.45, 2.75) is 0 Å². The van der Waals surface area contributed by atoms with Gasteiger partial charge in [-0.05, 0) is 17.7 Å². The first-order chi connectivity index (χ1) is 9.56. The molecule has 20 heavy (non-hydrogen) atoms. The van der Waals surface area contributed by atoms with Crippen molar-refractivity contribution < 1.29 is 19.4 Å². The lowest BCUT2D eigenvalue weighted by Gasteiger charge is -2.12. The maximum absolute atomic E-state index is 11.8. The number of methoxy groups -OCH3 is 1. The topological polar surface area (TPSA) is 63.6 Å². The molecule has 0 aromatic heterocycles. The van der Waals surface area contributed by atoms with E-state index in [1.165, 1.54) is 19.2 Å². The number of rotatable bonds is 3. The lowest BCUT2D eigenvalue weighted by molar-refractivity contribution is 0.0599. The Hall–Kier alpha value is -2.33. The lowest BCUT2D eigenvalue weighted by atomic mass is 9.97. The molecule has 0 saturated carbocycles. The van der Waals surface area contributed by atoms with Gasteiger partial charge in [0.2, 0.25) is 0 Å². The smallest absolute Gasteiger partial charge is 0.338 e. The fourth-order valence-corrected chi connectivity index (χ4v) is 2.26. The average Bonchev–Trinajstić information content (AvgIpc) is 2.46. The number of carbonyl (C=O) groups excluding carboxylic acids is 1. The normalized spacial score (nSPS) is 10.1. The summed E-state index contributed by atoms with van der Waals surface area (Å²) in [5, 5.41) is 9.14. The molecule has 0 saturated heterocycles. The largest absolute Gasteiger partial charge is 0.478 e. The zero-order valence-corrected chi connectivity index (χ0v) is 11.3. The minimum Gasteiger partial charge on any atom is -0.478 e. The van der Waals surface area contributed by atoms with Gasteiger partial charge in [-0.2, -0.15) is 0 Å². The van der Waals surface area contributed by atoms with Gasteiger partial charge in [0.15, 0.2) is 0 Å². The number of hydrogen-bond acceptors (Lipinski definition) is 3. The van der Waals surface area contributed by atoms with Crippen molar-refractivity contribution in [2.24, 2.45) is 0 Å². The highest BCUT2D eigenvalue weighted by Crippen LogP contribution is 2.34.